The van der Waals surface area contributed by atoms with Crippen molar-refractivity contribution in [3.63, 3.8) is 0 Å². The number of hydrogen-bond donors (Lipinski definition) is 2. The highest BCUT2D eigenvalue weighted by Gasteiger charge is 2.46. The Balaban J connectivity index is 2.57. The van der Waals surface area contributed by atoms with Crippen LogP contribution in [-0.2, 0) is 0 Å². The second kappa shape index (κ2) is 1.95. The molecule has 0 radical (unpaired) electrons. The molecule has 0 saturated carbocycles. The van der Waals surface area contributed by atoms with Crippen molar-refractivity contribution in [3.8, 4) is 0 Å². The van der Waals surface area contributed by atoms with Crippen molar-refractivity contribution in [2.45, 2.75) is 40.3 Å². The van der Waals surface area contributed by atoms with Crippen LogP contribution >= 0.6 is 0 Å². The largest absolute Gasteiger partial charge is 0.235 e. The third kappa shape index (κ3) is 1.32. The maximum absolute atomic E-state index is 3.17. The standard InChI is InChI=1S/C8H18N2/c1-6(7(2,3)4)8(5)9-10-8/h6,9-10H,1-5H3/t6-/m0/s1. The second-order valence-electron chi connectivity index (χ2n) is 4.54. The van der Waals surface area contributed by atoms with E-state index in [1.165, 1.54) is 0 Å². The van der Waals surface area contributed by atoms with Crippen LogP contribution in [0.25, 0.3) is 0 Å². The van der Waals surface area contributed by atoms with Crippen LogP contribution in [0.4, 0.5) is 0 Å². The van der Waals surface area contributed by atoms with E-state index in [9.17, 15) is 0 Å². The van der Waals surface area contributed by atoms with Gasteiger partial charge < -0.3 is 0 Å². The first-order valence-corrected chi connectivity index (χ1v) is 3.90. The van der Waals surface area contributed by atoms with Crippen molar-refractivity contribution >= 4 is 0 Å². The molecule has 1 heterocycles. The van der Waals surface area contributed by atoms with Gasteiger partial charge in [-0.25, -0.2) is 10.9 Å². The average molecular weight is 142 g/mol. The minimum atomic E-state index is 0.193. The number of hydrazine groups is 1. The Labute approximate surface area is 63.4 Å². The zero-order valence-corrected chi connectivity index (χ0v) is 7.58. The summed E-state index contributed by atoms with van der Waals surface area (Å²) in [5.41, 5.74) is 6.91. The summed E-state index contributed by atoms with van der Waals surface area (Å²) in [6.07, 6.45) is 0. The maximum atomic E-state index is 3.17. The smallest absolute Gasteiger partial charge is 0.0945 e. The van der Waals surface area contributed by atoms with E-state index < -0.39 is 0 Å². The van der Waals surface area contributed by atoms with Gasteiger partial charge >= 0.3 is 0 Å². The quantitative estimate of drug-likeness (QED) is 0.545. The first-order valence-electron chi connectivity index (χ1n) is 3.90. The van der Waals surface area contributed by atoms with Crippen molar-refractivity contribution in [2.75, 3.05) is 0 Å². The van der Waals surface area contributed by atoms with E-state index in [0.717, 1.165) is 0 Å². The molecule has 2 N–H and O–H groups in total. The first kappa shape index (κ1) is 8.02. The van der Waals surface area contributed by atoms with E-state index in [2.05, 4.69) is 45.5 Å². The Kier molecular flexibility index (Phi) is 1.57. The lowest BCUT2D eigenvalue weighted by Crippen LogP contribution is -2.33. The molecular weight excluding hydrogens is 124 g/mol. The fourth-order valence-electron chi connectivity index (χ4n) is 1.18. The summed E-state index contributed by atoms with van der Waals surface area (Å²) in [4.78, 5) is 0. The van der Waals surface area contributed by atoms with Crippen molar-refractivity contribution < 1.29 is 0 Å². The monoisotopic (exact) mass is 142 g/mol. The number of hydrogen-bond acceptors (Lipinski definition) is 2. The SMILES string of the molecule is C[C@@H](C(C)(C)C)C1(C)NN1. The summed E-state index contributed by atoms with van der Waals surface area (Å²) < 4.78 is 0. The summed E-state index contributed by atoms with van der Waals surface area (Å²) in [7, 11) is 0. The highest BCUT2D eigenvalue weighted by Crippen LogP contribution is 2.35. The van der Waals surface area contributed by atoms with Crippen LogP contribution in [0.3, 0.4) is 0 Å². The van der Waals surface area contributed by atoms with Gasteiger partial charge in [0.15, 0.2) is 0 Å². The first-order chi connectivity index (χ1) is 4.36. The molecule has 1 aliphatic rings. The summed E-state index contributed by atoms with van der Waals surface area (Å²) in [5, 5.41) is 0. The molecule has 0 amide bonds. The Hall–Kier alpha value is -0.0800. The average Bonchev–Trinajstić information content (AvgIpc) is 2.45. The van der Waals surface area contributed by atoms with E-state index in [-0.39, 0.29) is 5.66 Å². The van der Waals surface area contributed by atoms with Gasteiger partial charge in [0.25, 0.3) is 0 Å². The fourth-order valence-corrected chi connectivity index (χ4v) is 1.18. The Morgan fingerprint density at radius 2 is 1.60 bits per heavy atom. The lowest BCUT2D eigenvalue weighted by atomic mass is 9.77. The van der Waals surface area contributed by atoms with Crippen LogP contribution in [0.15, 0.2) is 0 Å². The van der Waals surface area contributed by atoms with E-state index in [4.69, 9.17) is 0 Å². The Morgan fingerprint density at radius 1 is 1.20 bits per heavy atom. The highest BCUT2D eigenvalue weighted by molar-refractivity contribution is 4.98. The summed E-state index contributed by atoms with van der Waals surface area (Å²) >= 11 is 0. The molecule has 0 aliphatic carbocycles. The van der Waals surface area contributed by atoms with Crippen LogP contribution in [0.5, 0.6) is 0 Å². The molecule has 1 fully saturated rings. The predicted octanol–water partition coefficient (Wildman–Crippen LogP) is 1.49. The van der Waals surface area contributed by atoms with Gasteiger partial charge in [0, 0.05) is 0 Å². The molecule has 2 heteroatoms. The Bertz CT molecular complexity index is 125. The molecule has 0 unspecified atom stereocenters. The minimum absolute atomic E-state index is 0.193. The van der Waals surface area contributed by atoms with Crippen molar-refractivity contribution in [3.05, 3.63) is 0 Å². The van der Waals surface area contributed by atoms with Crippen molar-refractivity contribution in [1.29, 1.82) is 0 Å². The zero-order valence-electron chi connectivity index (χ0n) is 7.58. The van der Waals surface area contributed by atoms with Crippen LogP contribution in [0.2, 0.25) is 0 Å². The van der Waals surface area contributed by atoms with Gasteiger partial charge in [-0.05, 0) is 18.3 Å². The van der Waals surface area contributed by atoms with Crippen LogP contribution in [0.1, 0.15) is 34.6 Å². The summed E-state index contributed by atoms with van der Waals surface area (Å²) in [6.45, 7) is 11.3. The third-order valence-corrected chi connectivity index (χ3v) is 2.68. The van der Waals surface area contributed by atoms with Gasteiger partial charge in [0.05, 0.1) is 5.66 Å². The minimum Gasteiger partial charge on any atom is -0.235 e. The molecule has 0 aromatic heterocycles. The molecule has 1 atom stereocenters. The molecule has 1 saturated heterocycles. The molecule has 10 heavy (non-hydrogen) atoms. The van der Waals surface area contributed by atoms with Crippen LogP contribution in [-0.4, -0.2) is 5.66 Å². The molecule has 0 aromatic carbocycles. The molecule has 60 valence electrons. The van der Waals surface area contributed by atoms with E-state index in [0.29, 0.717) is 11.3 Å². The van der Waals surface area contributed by atoms with Gasteiger partial charge in [0.2, 0.25) is 0 Å². The van der Waals surface area contributed by atoms with E-state index in [1.54, 1.807) is 0 Å². The van der Waals surface area contributed by atoms with Crippen molar-refractivity contribution in [2.24, 2.45) is 11.3 Å². The molecule has 1 aliphatic heterocycles. The van der Waals surface area contributed by atoms with E-state index in [1.807, 2.05) is 0 Å². The van der Waals surface area contributed by atoms with Gasteiger partial charge in [-0.1, -0.05) is 27.7 Å². The summed E-state index contributed by atoms with van der Waals surface area (Å²) in [5.74, 6) is 0.653. The van der Waals surface area contributed by atoms with Crippen LogP contribution < -0.4 is 10.9 Å². The molecule has 2 nitrogen and oxygen atoms in total. The predicted molar refractivity (Wildman–Crippen MR) is 43.3 cm³/mol. The Morgan fingerprint density at radius 3 is 1.70 bits per heavy atom. The topological polar surface area (TPSA) is 43.9 Å². The molecular formula is C8H18N2. The van der Waals surface area contributed by atoms with Crippen molar-refractivity contribution in [1.82, 2.24) is 10.9 Å². The highest BCUT2D eigenvalue weighted by atomic mass is 15.7. The van der Waals surface area contributed by atoms with Gasteiger partial charge in [-0.3, -0.25) is 0 Å². The third-order valence-electron chi connectivity index (χ3n) is 2.68. The zero-order chi connectivity index (χ0) is 7.99. The lowest BCUT2D eigenvalue weighted by Gasteiger charge is -2.30. The molecule has 0 spiro atoms. The molecule has 1 rings (SSSR count). The lowest BCUT2D eigenvalue weighted by molar-refractivity contribution is 0.207. The van der Waals surface area contributed by atoms with Gasteiger partial charge in [-0.2, -0.15) is 0 Å². The number of nitrogens with one attached hydrogen (secondary N) is 2. The second-order valence-corrected chi connectivity index (χ2v) is 4.54. The maximum Gasteiger partial charge on any atom is 0.0945 e. The van der Waals surface area contributed by atoms with E-state index >= 15 is 0 Å². The molecule has 0 bridgehead atoms. The fraction of sp³-hybridized carbons (Fsp3) is 1.00. The van der Waals surface area contributed by atoms with Gasteiger partial charge in [-0.15, -0.1) is 0 Å². The normalized spacial score (nSPS) is 26.1. The number of rotatable bonds is 1. The summed E-state index contributed by atoms with van der Waals surface area (Å²) in [6, 6.07) is 0. The molecule has 0 aromatic rings. The van der Waals surface area contributed by atoms with Crippen LogP contribution in [0, 0.1) is 11.3 Å². The van der Waals surface area contributed by atoms with Gasteiger partial charge in [0.1, 0.15) is 0 Å².